The number of aliphatic hydroxyl groups excluding tert-OH is 1. The van der Waals surface area contributed by atoms with Crippen LogP contribution in [-0.4, -0.2) is 69.6 Å². The number of allylic oxidation sites excluding steroid dienone is 1. The lowest BCUT2D eigenvalue weighted by atomic mass is 9.66. The average molecular weight is 637 g/mol. The third kappa shape index (κ3) is 5.72. The smallest absolute Gasteiger partial charge is 0.310 e. The number of rotatable bonds is 14. The third-order valence-electron chi connectivity index (χ3n) is 9.38. The van der Waals surface area contributed by atoms with Crippen molar-refractivity contribution < 1.29 is 24.2 Å². The minimum absolute atomic E-state index is 0.0325. The van der Waals surface area contributed by atoms with Gasteiger partial charge in [0.15, 0.2) is 0 Å². The van der Waals surface area contributed by atoms with Gasteiger partial charge in [-0.25, -0.2) is 0 Å². The first-order valence-electron chi connectivity index (χ1n) is 15.4. The number of anilines is 1. The highest BCUT2D eigenvalue weighted by atomic mass is 35.5. The van der Waals surface area contributed by atoms with Crippen LogP contribution in [0, 0.1) is 17.8 Å². The molecule has 3 saturated heterocycles. The number of halogens is 1. The first-order valence-corrected chi connectivity index (χ1v) is 16.6. The van der Waals surface area contributed by atoms with Crippen molar-refractivity contribution in [3.05, 3.63) is 90.5 Å². The van der Waals surface area contributed by atoms with Gasteiger partial charge in [0.25, 0.3) is 5.91 Å². The Kier molecular flexibility index (Phi) is 10.2. The lowest BCUT2D eigenvalue weighted by Gasteiger charge is -2.42. The van der Waals surface area contributed by atoms with E-state index in [9.17, 15) is 19.5 Å². The molecule has 3 fully saturated rings. The van der Waals surface area contributed by atoms with Crippen molar-refractivity contribution in [3.63, 3.8) is 0 Å². The molecule has 0 radical (unpaired) electrons. The van der Waals surface area contributed by atoms with E-state index in [1.165, 1.54) is 0 Å². The van der Waals surface area contributed by atoms with Crippen LogP contribution >= 0.6 is 23.4 Å². The summed E-state index contributed by atoms with van der Waals surface area (Å²) in [7, 11) is 0. The molecule has 1 N–H and O–H groups in total. The largest absolute Gasteiger partial charge is 0.465 e. The molecule has 7 atom stereocenters. The van der Waals surface area contributed by atoms with Crippen molar-refractivity contribution in [1.29, 1.82) is 0 Å². The van der Waals surface area contributed by atoms with Crippen molar-refractivity contribution >= 4 is 46.8 Å². The van der Waals surface area contributed by atoms with Crippen LogP contribution in [0.3, 0.4) is 0 Å². The third-order valence-corrected chi connectivity index (χ3v) is 11.8. The number of para-hydroxylation sites is 1. The Morgan fingerprint density at radius 3 is 2.57 bits per heavy atom. The van der Waals surface area contributed by atoms with E-state index in [-0.39, 0.29) is 48.7 Å². The lowest BCUT2D eigenvalue weighted by molar-refractivity contribution is -0.155. The minimum atomic E-state index is -0.924. The van der Waals surface area contributed by atoms with Crippen molar-refractivity contribution in [3.8, 4) is 0 Å². The Labute approximate surface area is 269 Å². The zero-order chi connectivity index (χ0) is 31.4. The number of likely N-dealkylation sites (tertiary alicyclic amines) is 1. The van der Waals surface area contributed by atoms with Gasteiger partial charge >= 0.3 is 5.97 Å². The zero-order valence-corrected chi connectivity index (χ0v) is 26.7. The van der Waals surface area contributed by atoms with Crippen LogP contribution in [0.2, 0.25) is 5.02 Å². The number of aliphatic hydroxyl groups is 1. The van der Waals surface area contributed by atoms with Crippen molar-refractivity contribution in [2.75, 3.05) is 24.7 Å². The molecule has 9 heteroatoms. The summed E-state index contributed by atoms with van der Waals surface area (Å²) in [4.78, 5) is 46.5. The second-order valence-corrected chi connectivity index (χ2v) is 13.9. The molecular weight excluding hydrogens is 596 g/mol. The highest BCUT2D eigenvalue weighted by molar-refractivity contribution is 8.02. The van der Waals surface area contributed by atoms with E-state index in [1.807, 2.05) is 42.5 Å². The average Bonchev–Trinajstić information content (AvgIpc) is 3.62. The van der Waals surface area contributed by atoms with Crippen molar-refractivity contribution in [2.24, 2.45) is 17.8 Å². The Bertz CT molecular complexity index is 1390. The van der Waals surface area contributed by atoms with E-state index in [2.05, 4.69) is 20.1 Å². The molecule has 44 heavy (non-hydrogen) atoms. The van der Waals surface area contributed by atoms with E-state index in [0.29, 0.717) is 30.0 Å². The molecule has 0 aromatic heterocycles. The van der Waals surface area contributed by atoms with Crippen LogP contribution in [-0.2, 0) is 25.5 Å². The quantitative estimate of drug-likeness (QED) is 0.163. The SMILES string of the molecule is C=CCCCCOC(=O)[C@@H]1[C@H]2C(=O)N([C@@H](CO)Cc3ccccc3)C(C(=O)N(CC=C)c3ccccc3Cl)C23S[C@@H]1CC3C. The number of ether oxygens (including phenoxy) is 1. The number of carbonyl (C=O) groups excluding carboxylic acids is 3. The Balaban J connectivity index is 1.57. The van der Waals surface area contributed by atoms with Crippen LogP contribution in [0.5, 0.6) is 0 Å². The van der Waals surface area contributed by atoms with Gasteiger partial charge in [0, 0.05) is 11.8 Å². The van der Waals surface area contributed by atoms with Gasteiger partial charge in [-0.05, 0) is 55.7 Å². The van der Waals surface area contributed by atoms with Crippen LogP contribution in [0.15, 0.2) is 79.9 Å². The number of thioether (sulfide) groups is 1. The first-order chi connectivity index (χ1) is 21.3. The molecule has 7 nitrogen and oxygen atoms in total. The summed E-state index contributed by atoms with van der Waals surface area (Å²) in [6.45, 7) is 9.84. The molecular formula is C35H41ClN2O5S. The topological polar surface area (TPSA) is 87.1 Å². The maximum Gasteiger partial charge on any atom is 0.310 e. The highest BCUT2D eigenvalue weighted by Gasteiger charge is 2.77. The Hall–Kier alpha value is -3.07. The van der Waals surface area contributed by atoms with Crippen LogP contribution in [0.25, 0.3) is 0 Å². The monoisotopic (exact) mass is 636 g/mol. The maximum atomic E-state index is 14.9. The molecule has 2 amide bonds. The van der Waals surface area contributed by atoms with Gasteiger partial charge in [0.1, 0.15) is 6.04 Å². The molecule has 0 saturated carbocycles. The summed E-state index contributed by atoms with van der Waals surface area (Å²) in [5.74, 6) is -2.37. The van der Waals surface area contributed by atoms with Gasteiger partial charge in [-0.15, -0.1) is 24.9 Å². The Morgan fingerprint density at radius 2 is 1.89 bits per heavy atom. The number of amides is 2. The molecule has 2 aromatic carbocycles. The number of benzene rings is 2. The van der Waals surface area contributed by atoms with E-state index < -0.39 is 28.7 Å². The fourth-order valence-corrected chi connectivity index (χ4v) is 10.1. The van der Waals surface area contributed by atoms with Gasteiger partial charge in [-0.3, -0.25) is 14.4 Å². The number of fused-ring (bicyclic) bond motifs is 1. The van der Waals surface area contributed by atoms with Crippen molar-refractivity contribution in [1.82, 2.24) is 4.90 Å². The number of esters is 1. The van der Waals surface area contributed by atoms with Crippen LogP contribution in [0.1, 0.15) is 38.2 Å². The zero-order valence-electron chi connectivity index (χ0n) is 25.1. The number of hydrogen-bond donors (Lipinski definition) is 1. The molecule has 0 aliphatic carbocycles. The summed E-state index contributed by atoms with van der Waals surface area (Å²) in [5.41, 5.74) is 1.46. The highest BCUT2D eigenvalue weighted by Crippen LogP contribution is 2.69. The van der Waals surface area contributed by atoms with E-state index >= 15 is 0 Å². The molecule has 2 aromatic rings. The predicted octanol–water partition coefficient (Wildman–Crippen LogP) is 5.70. The summed E-state index contributed by atoms with van der Waals surface area (Å²) < 4.78 is 4.90. The summed E-state index contributed by atoms with van der Waals surface area (Å²) in [5, 5.41) is 11.0. The van der Waals surface area contributed by atoms with Gasteiger partial charge in [0.2, 0.25) is 5.91 Å². The Morgan fingerprint density at radius 1 is 1.16 bits per heavy atom. The molecule has 2 bridgehead atoms. The standard InChI is InChI=1S/C35H41ClN2O5S/c1-4-6-7-13-19-43-34(42)29-28-20-23(3)35(44-28)30(29)32(40)38(25(22-39)21-24-14-9-8-10-15-24)31(35)33(41)37(18-5-2)27-17-12-11-16-26(27)36/h4-5,8-12,14-17,23,25,28-31,39H,1-2,6-7,13,18-22H2,3H3/t23?,25-,28-,29+,30+,31?,35?/m1/s1. The molecule has 3 heterocycles. The van der Waals surface area contributed by atoms with Gasteiger partial charge in [0.05, 0.1) is 46.5 Å². The fourth-order valence-electron chi connectivity index (χ4n) is 7.45. The van der Waals surface area contributed by atoms with Gasteiger partial charge in [-0.1, -0.05) is 73.1 Å². The molecule has 3 aliphatic heterocycles. The van der Waals surface area contributed by atoms with E-state index in [0.717, 1.165) is 18.4 Å². The minimum Gasteiger partial charge on any atom is -0.465 e. The second kappa shape index (κ2) is 13.9. The second-order valence-electron chi connectivity index (χ2n) is 12.0. The molecule has 3 unspecified atom stereocenters. The van der Waals surface area contributed by atoms with Crippen LogP contribution in [0.4, 0.5) is 5.69 Å². The van der Waals surface area contributed by atoms with Crippen LogP contribution < -0.4 is 4.90 Å². The molecule has 5 rings (SSSR count). The normalized spacial score (nSPS) is 27.6. The summed E-state index contributed by atoms with van der Waals surface area (Å²) >= 11 is 8.20. The predicted molar refractivity (Wildman–Crippen MR) is 176 cm³/mol. The summed E-state index contributed by atoms with van der Waals surface area (Å²) in [6, 6.07) is 15.2. The summed E-state index contributed by atoms with van der Waals surface area (Å²) in [6.07, 6.45) is 6.97. The maximum absolute atomic E-state index is 14.9. The number of carbonyl (C=O) groups is 3. The first kappa shape index (κ1) is 32.3. The van der Waals surface area contributed by atoms with E-state index in [4.69, 9.17) is 16.3 Å². The van der Waals surface area contributed by atoms with Gasteiger partial charge in [-0.2, -0.15) is 0 Å². The molecule has 1 spiro atoms. The molecule has 3 aliphatic rings. The number of unbranched alkanes of at least 4 members (excludes halogenated alkanes) is 2. The number of hydrogen-bond acceptors (Lipinski definition) is 6. The fraction of sp³-hybridized carbons (Fsp3) is 0.457. The van der Waals surface area contributed by atoms with Crippen molar-refractivity contribution in [2.45, 2.75) is 61.1 Å². The molecule has 234 valence electrons. The lowest BCUT2D eigenvalue weighted by Crippen LogP contribution is -2.59. The number of nitrogens with zero attached hydrogens (tertiary/aromatic N) is 2. The van der Waals surface area contributed by atoms with E-state index in [1.54, 1.807) is 45.8 Å². The van der Waals surface area contributed by atoms with Gasteiger partial charge < -0.3 is 19.6 Å².